The highest BCUT2D eigenvalue weighted by molar-refractivity contribution is 7.98. The third kappa shape index (κ3) is 2.83. The zero-order chi connectivity index (χ0) is 16.5. The molecule has 3 aromatic heterocycles. The van der Waals surface area contributed by atoms with Gasteiger partial charge in [0.25, 0.3) is 5.56 Å². The fourth-order valence-electron chi connectivity index (χ4n) is 2.24. The topological polar surface area (TPSA) is 89.3 Å². The lowest BCUT2D eigenvalue weighted by atomic mass is 10.2. The van der Waals surface area contributed by atoms with Gasteiger partial charge in [0.15, 0.2) is 0 Å². The molecule has 7 nitrogen and oxygen atoms in total. The molecule has 0 unspecified atom stereocenters. The molecule has 0 spiro atoms. The predicted molar refractivity (Wildman–Crippen MR) is 93.7 cm³/mol. The number of H-pyrrole nitrogens is 1. The maximum atomic E-state index is 12.0. The molecule has 0 atom stereocenters. The number of fused-ring (bicyclic) bond motifs is 1. The summed E-state index contributed by atoms with van der Waals surface area (Å²) >= 11 is 2.81. The molecule has 3 heterocycles. The number of hydrogen-bond donors (Lipinski definition) is 1. The zero-order valence-corrected chi connectivity index (χ0v) is 14.3. The number of rotatable bonds is 4. The van der Waals surface area contributed by atoms with Crippen molar-refractivity contribution in [2.24, 2.45) is 0 Å². The standard InChI is InChI=1S/C15H12N6OS2/c1-9-2-4-10(5-3-9)21-15(18-19-20-21)24-8-12-16-11-6-7-23-13(11)14(22)17-12/h2-7H,8H2,1H3,(H,16,17,22). The number of nitrogens with zero attached hydrogens (tertiary/aromatic N) is 5. The Balaban J connectivity index is 1.59. The van der Waals surface area contributed by atoms with Crippen LogP contribution in [-0.4, -0.2) is 30.2 Å². The van der Waals surface area contributed by atoms with E-state index in [-0.39, 0.29) is 5.56 Å². The average molecular weight is 356 g/mol. The minimum Gasteiger partial charge on any atom is -0.309 e. The van der Waals surface area contributed by atoms with Crippen LogP contribution in [0.5, 0.6) is 0 Å². The summed E-state index contributed by atoms with van der Waals surface area (Å²) in [5, 5.41) is 14.3. The minimum absolute atomic E-state index is 0.108. The van der Waals surface area contributed by atoms with Crippen molar-refractivity contribution < 1.29 is 0 Å². The highest BCUT2D eigenvalue weighted by atomic mass is 32.2. The molecule has 9 heteroatoms. The van der Waals surface area contributed by atoms with Crippen LogP contribution in [0.25, 0.3) is 15.9 Å². The second kappa shape index (κ2) is 6.17. The SMILES string of the molecule is Cc1ccc(-n2nnnc2SCc2nc3ccsc3c(=O)[nH]2)cc1. The van der Waals surface area contributed by atoms with E-state index in [1.807, 2.05) is 42.6 Å². The van der Waals surface area contributed by atoms with Crippen molar-refractivity contribution in [2.45, 2.75) is 17.8 Å². The fraction of sp³-hybridized carbons (Fsp3) is 0.133. The molecular weight excluding hydrogens is 344 g/mol. The number of tetrazole rings is 1. The van der Waals surface area contributed by atoms with Crippen LogP contribution in [0.2, 0.25) is 0 Å². The Bertz CT molecular complexity index is 1050. The highest BCUT2D eigenvalue weighted by Gasteiger charge is 2.11. The molecule has 0 aliphatic carbocycles. The van der Waals surface area contributed by atoms with Crippen LogP contribution >= 0.6 is 23.1 Å². The smallest absolute Gasteiger partial charge is 0.268 e. The van der Waals surface area contributed by atoms with Gasteiger partial charge in [0.05, 0.1) is 17.0 Å². The molecule has 4 aromatic rings. The quantitative estimate of drug-likeness (QED) is 0.565. The Kier molecular flexibility index (Phi) is 3.87. The number of hydrogen-bond acceptors (Lipinski definition) is 7. The van der Waals surface area contributed by atoms with Crippen molar-refractivity contribution in [3.63, 3.8) is 0 Å². The molecule has 0 saturated carbocycles. The molecule has 0 saturated heterocycles. The molecule has 1 aromatic carbocycles. The van der Waals surface area contributed by atoms with Crippen LogP contribution < -0.4 is 5.56 Å². The van der Waals surface area contributed by atoms with E-state index in [1.54, 1.807) is 4.68 Å². The fourth-order valence-corrected chi connectivity index (χ4v) is 3.73. The predicted octanol–water partition coefficient (Wildman–Crippen LogP) is 2.56. The zero-order valence-electron chi connectivity index (χ0n) is 12.6. The summed E-state index contributed by atoms with van der Waals surface area (Å²) in [7, 11) is 0. The van der Waals surface area contributed by atoms with Gasteiger partial charge in [-0.2, -0.15) is 4.68 Å². The maximum Gasteiger partial charge on any atom is 0.268 e. The maximum absolute atomic E-state index is 12.0. The van der Waals surface area contributed by atoms with Crippen molar-refractivity contribution in [1.82, 2.24) is 30.2 Å². The van der Waals surface area contributed by atoms with E-state index >= 15 is 0 Å². The van der Waals surface area contributed by atoms with E-state index in [9.17, 15) is 4.79 Å². The van der Waals surface area contributed by atoms with Gasteiger partial charge in [-0.25, -0.2) is 4.98 Å². The van der Waals surface area contributed by atoms with Crippen molar-refractivity contribution in [2.75, 3.05) is 0 Å². The van der Waals surface area contributed by atoms with Crippen molar-refractivity contribution in [1.29, 1.82) is 0 Å². The molecular formula is C15H12N6OS2. The first kappa shape index (κ1) is 15.0. The lowest BCUT2D eigenvalue weighted by Gasteiger charge is -2.04. The normalized spacial score (nSPS) is 11.2. The van der Waals surface area contributed by atoms with Gasteiger partial charge in [0.1, 0.15) is 10.5 Å². The van der Waals surface area contributed by atoms with E-state index < -0.39 is 0 Å². The van der Waals surface area contributed by atoms with Gasteiger partial charge in [-0.15, -0.1) is 16.4 Å². The van der Waals surface area contributed by atoms with Crippen molar-refractivity contribution in [3.05, 3.63) is 57.5 Å². The third-order valence-corrected chi connectivity index (χ3v) is 5.25. The van der Waals surface area contributed by atoms with Crippen LogP contribution in [0.4, 0.5) is 0 Å². The molecule has 0 bridgehead atoms. The monoisotopic (exact) mass is 356 g/mol. The summed E-state index contributed by atoms with van der Waals surface area (Å²) in [6.07, 6.45) is 0. The van der Waals surface area contributed by atoms with Gasteiger partial charge in [-0.3, -0.25) is 4.79 Å². The van der Waals surface area contributed by atoms with Crippen LogP contribution in [0.15, 0.2) is 45.7 Å². The van der Waals surface area contributed by atoms with Crippen molar-refractivity contribution >= 4 is 33.3 Å². The molecule has 0 aliphatic heterocycles. The van der Waals surface area contributed by atoms with Gasteiger partial charge in [-0.1, -0.05) is 29.5 Å². The van der Waals surface area contributed by atoms with Gasteiger partial charge in [0.2, 0.25) is 5.16 Å². The number of thioether (sulfide) groups is 1. The van der Waals surface area contributed by atoms with E-state index in [4.69, 9.17) is 0 Å². The highest BCUT2D eigenvalue weighted by Crippen LogP contribution is 2.22. The Hall–Kier alpha value is -2.52. The molecule has 0 aliphatic rings. The van der Waals surface area contributed by atoms with E-state index in [0.29, 0.717) is 21.4 Å². The van der Waals surface area contributed by atoms with Crippen LogP contribution in [0, 0.1) is 6.92 Å². The van der Waals surface area contributed by atoms with Gasteiger partial charge in [0, 0.05) is 0 Å². The van der Waals surface area contributed by atoms with Gasteiger partial charge in [-0.05, 0) is 40.9 Å². The summed E-state index contributed by atoms with van der Waals surface area (Å²) in [6, 6.07) is 9.80. The van der Waals surface area contributed by atoms with E-state index in [1.165, 1.54) is 28.7 Å². The Morgan fingerprint density at radius 2 is 2.08 bits per heavy atom. The van der Waals surface area contributed by atoms with Gasteiger partial charge < -0.3 is 4.98 Å². The third-order valence-electron chi connectivity index (χ3n) is 3.42. The van der Waals surface area contributed by atoms with Gasteiger partial charge >= 0.3 is 0 Å². The number of aromatic amines is 1. The molecule has 0 radical (unpaired) electrons. The summed E-state index contributed by atoms with van der Waals surface area (Å²) in [6.45, 7) is 2.03. The summed E-state index contributed by atoms with van der Waals surface area (Å²) in [5.74, 6) is 1.09. The largest absolute Gasteiger partial charge is 0.309 e. The number of aromatic nitrogens is 6. The second-order valence-corrected chi connectivity index (χ2v) is 7.00. The molecule has 1 N–H and O–H groups in total. The molecule has 4 rings (SSSR count). The van der Waals surface area contributed by atoms with E-state index in [2.05, 4.69) is 25.5 Å². The van der Waals surface area contributed by atoms with Crippen LogP contribution in [0.1, 0.15) is 11.4 Å². The molecule has 0 fully saturated rings. The lowest BCUT2D eigenvalue weighted by molar-refractivity contribution is 0.756. The van der Waals surface area contributed by atoms with Crippen molar-refractivity contribution in [3.8, 4) is 5.69 Å². The number of benzene rings is 1. The second-order valence-electron chi connectivity index (χ2n) is 5.15. The number of aryl methyl sites for hydroxylation is 1. The van der Waals surface area contributed by atoms with E-state index in [0.717, 1.165) is 11.2 Å². The first-order valence-corrected chi connectivity index (χ1v) is 9.02. The first-order valence-electron chi connectivity index (χ1n) is 7.15. The Labute approximate surface area is 144 Å². The summed E-state index contributed by atoms with van der Waals surface area (Å²) < 4.78 is 2.32. The summed E-state index contributed by atoms with van der Waals surface area (Å²) in [5.41, 5.74) is 2.68. The Morgan fingerprint density at radius 1 is 1.25 bits per heavy atom. The van der Waals surface area contributed by atoms with Crippen LogP contribution in [0.3, 0.4) is 0 Å². The molecule has 120 valence electrons. The molecule has 24 heavy (non-hydrogen) atoms. The molecule has 0 amide bonds. The Morgan fingerprint density at radius 3 is 2.92 bits per heavy atom. The number of thiophene rings is 1. The summed E-state index contributed by atoms with van der Waals surface area (Å²) in [4.78, 5) is 19.3. The van der Waals surface area contributed by atoms with Crippen LogP contribution in [-0.2, 0) is 5.75 Å². The number of nitrogens with one attached hydrogen (secondary N) is 1. The average Bonchev–Trinajstić information content (AvgIpc) is 3.22. The first-order chi connectivity index (χ1) is 11.7. The minimum atomic E-state index is -0.108. The lowest BCUT2D eigenvalue weighted by Crippen LogP contribution is -2.09.